The molecule has 1 atom stereocenters. The molecule has 1 unspecified atom stereocenters. The average Bonchev–Trinajstić information content (AvgIpc) is 2.76. The van der Waals surface area contributed by atoms with E-state index in [1.807, 2.05) is 9.80 Å². The van der Waals surface area contributed by atoms with E-state index in [1.165, 1.54) is 6.42 Å². The molecule has 2 amide bonds. The van der Waals surface area contributed by atoms with E-state index in [-0.39, 0.29) is 17.9 Å². The highest BCUT2D eigenvalue weighted by molar-refractivity contribution is 5.79. The number of Topliss-reactive ketones (excluding diaryl/α,β-unsaturated/α-hetero) is 1. The highest BCUT2D eigenvalue weighted by atomic mass is 16.2. The summed E-state index contributed by atoms with van der Waals surface area (Å²) in [5.74, 6) is 0.195. The molecule has 0 aromatic carbocycles. The molecule has 2 heterocycles. The van der Waals surface area contributed by atoms with Crippen LogP contribution in [0.5, 0.6) is 0 Å². The van der Waals surface area contributed by atoms with Crippen LogP contribution in [0.2, 0.25) is 0 Å². The van der Waals surface area contributed by atoms with E-state index in [0.29, 0.717) is 6.42 Å². The maximum absolute atomic E-state index is 12.5. The first kappa shape index (κ1) is 13.4. The summed E-state index contributed by atoms with van der Waals surface area (Å²) in [6.45, 7) is 4.24. The van der Waals surface area contributed by atoms with Crippen LogP contribution in [0.15, 0.2) is 0 Å². The second kappa shape index (κ2) is 6.21. The zero-order chi connectivity index (χ0) is 13.0. The molecule has 0 aromatic heterocycles. The van der Waals surface area contributed by atoms with Gasteiger partial charge in [0.2, 0.25) is 0 Å². The maximum Gasteiger partial charge on any atom is 0.320 e. The Morgan fingerprint density at radius 2 is 1.67 bits per heavy atom. The number of hydrogen-bond donors (Lipinski definition) is 0. The van der Waals surface area contributed by atoms with Gasteiger partial charge in [0.1, 0.15) is 5.78 Å². The van der Waals surface area contributed by atoms with Crippen molar-refractivity contribution in [3.05, 3.63) is 0 Å². The molecule has 2 aliphatic rings. The zero-order valence-electron chi connectivity index (χ0n) is 11.4. The molecule has 0 N–H and O–H groups in total. The Labute approximate surface area is 109 Å². The van der Waals surface area contributed by atoms with Gasteiger partial charge in [-0.3, -0.25) is 4.79 Å². The summed E-state index contributed by atoms with van der Waals surface area (Å²) in [6, 6.07) is 0.304. The summed E-state index contributed by atoms with van der Waals surface area (Å²) < 4.78 is 0. The summed E-state index contributed by atoms with van der Waals surface area (Å²) in [5.41, 5.74) is 0. The molecule has 0 aliphatic carbocycles. The number of rotatable bonds is 2. The fourth-order valence-electron chi connectivity index (χ4n) is 3.06. The third-order valence-corrected chi connectivity index (χ3v) is 4.02. The van der Waals surface area contributed by atoms with Gasteiger partial charge < -0.3 is 9.80 Å². The van der Waals surface area contributed by atoms with Crippen LogP contribution in [0.4, 0.5) is 4.79 Å². The summed E-state index contributed by atoms with van der Waals surface area (Å²) in [4.78, 5) is 27.8. The van der Waals surface area contributed by atoms with Gasteiger partial charge >= 0.3 is 6.03 Å². The standard InChI is InChI=1S/C14H24N2O2/c1-12(17)11-13-7-3-2-4-10-16(13)14(18)15-8-5-6-9-15/h13H,2-11H2,1H3. The molecule has 0 radical (unpaired) electrons. The SMILES string of the molecule is CC(=O)CC1CCCCCN1C(=O)N1CCCC1. The molecule has 0 spiro atoms. The number of urea groups is 1. The Bertz CT molecular complexity index is 311. The number of nitrogens with zero attached hydrogens (tertiary/aromatic N) is 2. The van der Waals surface area contributed by atoms with E-state index in [0.717, 1.165) is 51.7 Å². The van der Waals surface area contributed by atoms with Crippen LogP contribution in [0.25, 0.3) is 0 Å². The molecule has 18 heavy (non-hydrogen) atoms. The molecule has 2 aliphatic heterocycles. The number of likely N-dealkylation sites (tertiary alicyclic amines) is 2. The van der Waals surface area contributed by atoms with Crippen LogP contribution in [0, 0.1) is 0 Å². The van der Waals surface area contributed by atoms with Crippen LogP contribution in [-0.2, 0) is 4.79 Å². The zero-order valence-corrected chi connectivity index (χ0v) is 11.4. The molecule has 4 heteroatoms. The third kappa shape index (κ3) is 3.24. The Morgan fingerprint density at radius 3 is 2.33 bits per heavy atom. The lowest BCUT2D eigenvalue weighted by atomic mass is 10.0. The highest BCUT2D eigenvalue weighted by Crippen LogP contribution is 2.22. The molecular weight excluding hydrogens is 228 g/mol. The lowest BCUT2D eigenvalue weighted by Gasteiger charge is -2.33. The first-order chi connectivity index (χ1) is 8.68. The molecule has 2 fully saturated rings. The van der Waals surface area contributed by atoms with Crippen LogP contribution in [-0.4, -0.2) is 47.3 Å². The van der Waals surface area contributed by atoms with Crippen LogP contribution >= 0.6 is 0 Å². The van der Waals surface area contributed by atoms with Gasteiger partial charge in [-0.15, -0.1) is 0 Å². The van der Waals surface area contributed by atoms with Gasteiger partial charge in [0, 0.05) is 32.1 Å². The normalized spacial score (nSPS) is 25.1. The first-order valence-corrected chi connectivity index (χ1v) is 7.23. The molecular formula is C14H24N2O2. The molecule has 0 bridgehead atoms. The average molecular weight is 252 g/mol. The fraction of sp³-hybridized carbons (Fsp3) is 0.857. The second-order valence-corrected chi connectivity index (χ2v) is 5.58. The van der Waals surface area contributed by atoms with Crippen LogP contribution in [0.3, 0.4) is 0 Å². The topological polar surface area (TPSA) is 40.6 Å². The van der Waals surface area contributed by atoms with E-state index < -0.39 is 0 Å². The molecule has 2 rings (SSSR count). The van der Waals surface area contributed by atoms with E-state index in [4.69, 9.17) is 0 Å². The maximum atomic E-state index is 12.5. The van der Waals surface area contributed by atoms with Gasteiger partial charge in [0.25, 0.3) is 0 Å². The Morgan fingerprint density at radius 1 is 1.00 bits per heavy atom. The third-order valence-electron chi connectivity index (χ3n) is 4.02. The molecule has 4 nitrogen and oxygen atoms in total. The highest BCUT2D eigenvalue weighted by Gasteiger charge is 2.30. The Balaban J connectivity index is 2.03. The van der Waals surface area contributed by atoms with Crippen molar-refractivity contribution in [1.82, 2.24) is 9.80 Å². The minimum atomic E-state index is 0.137. The van der Waals surface area contributed by atoms with E-state index in [1.54, 1.807) is 6.92 Å². The lowest BCUT2D eigenvalue weighted by molar-refractivity contribution is -0.118. The van der Waals surface area contributed by atoms with Crippen molar-refractivity contribution in [2.45, 2.75) is 57.9 Å². The van der Waals surface area contributed by atoms with E-state index in [9.17, 15) is 9.59 Å². The quantitative estimate of drug-likeness (QED) is 0.757. The van der Waals surface area contributed by atoms with Crippen molar-refractivity contribution in [3.63, 3.8) is 0 Å². The Kier molecular flexibility index (Phi) is 4.61. The van der Waals surface area contributed by atoms with Crippen molar-refractivity contribution >= 4 is 11.8 Å². The largest absolute Gasteiger partial charge is 0.325 e. The first-order valence-electron chi connectivity index (χ1n) is 7.23. The second-order valence-electron chi connectivity index (χ2n) is 5.58. The van der Waals surface area contributed by atoms with Gasteiger partial charge in [-0.1, -0.05) is 12.8 Å². The summed E-state index contributed by atoms with van der Waals surface area (Å²) in [6.07, 6.45) is 7.15. The smallest absolute Gasteiger partial charge is 0.320 e. The number of carbonyl (C=O) groups is 2. The molecule has 0 aromatic rings. The summed E-state index contributed by atoms with van der Waals surface area (Å²) >= 11 is 0. The van der Waals surface area contributed by atoms with Gasteiger partial charge in [0.05, 0.1) is 0 Å². The minimum Gasteiger partial charge on any atom is -0.325 e. The number of hydrogen-bond acceptors (Lipinski definition) is 2. The van der Waals surface area contributed by atoms with Crippen LogP contribution < -0.4 is 0 Å². The van der Waals surface area contributed by atoms with Gasteiger partial charge in [0.15, 0.2) is 0 Å². The van der Waals surface area contributed by atoms with Gasteiger partial charge in [-0.25, -0.2) is 4.79 Å². The predicted molar refractivity (Wildman–Crippen MR) is 70.5 cm³/mol. The van der Waals surface area contributed by atoms with Crippen molar-refractivity contribution in [2.75, 3.05) is 19.6 Å². The van der Waals surface area contributed by atoms with Gasteiger partial charge in [-0.2, -0.15) is 0 Å². The minimum absolute atomic E-state index is 0.137. The van der Waals surface area contributed by atoms with E-state index in [2.05, 4.69) is 0 Å². The molecule has 0 saturated carbocycles. The van der Waals surface area contributed by atoms with Crippen molar-refractivity contribution in [3.8, 4) is 0 Å². The summed E-state index contributed by atoms with van der Waals surface area (Å²) in [7, 11) is 0. The van der Waals surface area contributed by atoms with Gasteiger partial charge in [-0.05, 0) is 32.6 Å². The van der Waals surface area contributed by atoms with Crippen molar-refractivity contribution in [2.24, 2.45) is 0 Å². The molecule has 102 valence electrons. The van der Waals surface area contributed by atoms with Crippen molar-refractivity contribution < 1.29 is 9.59 Å². The summed E-state index contributed by atoms with van der Waals surface area (Å²) in [5, 5.41) is 0. The fourth-order valence-corrected chi connectivity index (χ4v) is 3.06. The predicted octanol–water partition coefficient (Wildman–Crippen LogP) is 2.43. The van der Waals surface area contributed by atoms with Crippen LogP contribution in [0.1, 0.15) is 51.9 Å². The van der Waals surface area contributed by atoms with E-state index >= 15 is 0 Å². The Hall–Kier alpha value is -1.06. The molecule has 2 saturated heterocycles. The lowest BCUT2D eigenvalue weighted by Crippen LogP contribution is -2.47. The number of ketones is 1. The number of carbonyl (C=O) groups excluding carboxylic acids is 2. The van der Waals surface area contributed by atoms with Crippen molar-refractivity contribution in [1.29, 1.82) is 0 Å². The monoisotopic (exact) mass is 252 g/mol. The number of amides is 2.